The van der Waals surface area contributed by atoms with Crippen molar-refractivity contribution in [3.8, 4) is 11.8 Å². The van der Waals surface area contributed by atoms with Crippen LogP contribution in [0.25, 0.3) is 0 Å². The van der Waals surface area contributed by atoms with Crippen molar-refractivity contribution in [2.45, 2.75) is 39.2 Å². The van der Waals surface area contributed by atoms with E-state index in [0.29, 0.717) is 16.3 Å². The van der Waals surface area contributed by atoms with Crippen molar-refractivity contribution in [3.05, 3.63) is 69.5 Å². The molecule has 1 aliphatic rings. The molecule has 2 aromatic heterocycles. The molecule has 6 heteroatoms. The van der Waals surface area contributed by atoms with Gasteiger partial charge in [0.1, 0.15) is 29.2 Å². The molecule has 0 saturated carbocycles. The number of aryl methyl sites for hydroxylation is 2. The zero-order valence-corrected chi connectivity index (χ0v) is 16.4. The fourth-order valence-corrected chi connectivity index (χ4v) is 4.54. The lowest BCUT2D eigenvalue weighted by molar-refractivity contribution is 0.0993. The van der Waals surface area contributed by atoms with E-state index in [1.165, 1.54) is 16.2 Å². The number of fused-ring (bicyclic) bond motifs is 1. The van der Waals surface area contributed by atoms with Crippen molar-refractivity contribution < 1.29 is 13.9 Å². The van der Waals surface area contributed by atoms with Gasteiger partial charge in [-0.2, -0.15) is 5.26 Å². The minimum Gasteiger partial charge on any atom is -0.486 e. The molecule has 1 aliphatic carbocycles. The minimum absolute atomic E-state index is 0.206. The maximum absolute atomic E-state index is 12.6. The predicted molar refractivity (Wildman–Crippen MR) is 108 cm³/mol. The van der Waals surface area contributed by atoms with Gasteiger partial charge in [0.05, 0.1) is 5.56 Å². The number of nitriles is 1. The summed E-state index contributed by atoms with van der Waals surface area (Å²) >= 11 is 1.50. The number of carbonyl (C=O) groups is 1. The summed E-state index contributed by atoms with van der Waals surface area (Å²) in [7, 11) is 0. The van der Waals surface area contributed by atoms with Crippen LogP contribution in [0.15, 0.2) is 40.8 Å². The molecule has 4 rings (SSSR count). The second kappa shape index (κ2) is 7.91. The summed E-state index contributed by atoms with van der Waals surface area (Å²) in [4.78, 5) is 13.8. The van der Waals surface area contributed by atoms with Crippen LogP contribution in [-0.2, 0) is 19.4 Å². The van der Waals surface area contributed by atoms with Gasteiger partial charge in [-0.05, 0) is 62.4 Å². The van der Waals surface area contributed by atoms with Gasteiger partial charge in [0.15, 0.2) is 5.76 Å². The lowest BCUT2D eigenvalue weighted by Crippen LogP contribution is -2.11. The average molecular weight is 392 g/mol. The van der Waals surface area contributed by atoms with E-state index in [9.17, 15) is 10.1 Å². The Morgan fingerprint density at radius 2 is 2.00 bits per heavy atom. The second-order valence-corrected chi connectivity index (χ2v) is 7.95. The second-order valence-electron chi connectivity index (χ2n) is 6.85. The van der Waals surface area contributed by atoms with E-state index in [4.69, 9.17) is 9.15 Å². The number of carbonyl (C=O) groups excluding carboxylic acids is 1. The summed E-state index contributed by atoms with van der Waals surface area (Å²) in [6, 6.07) is 13.4. The first-order valence-electron chi connectivity index (χ1n) is 9.28. The van der Waals surface area contributed by atoms with Gasteiger partial charge < -0.3 is 14.5 Å². The fraction of sp³-hybridized carbons (Fsp3) is 0.273. The van der Waals surface area contributed by atoms with Gasteiger partial charge >= 0.3 is 0 Å². The number of furan rings is 1. The van der Waals surface area contributed by atoms with E-state index in [0.717, 1.165) is 42.6 Å². The summed E-state index contributed by atoms with van der Waals surface area (Å²) < 4.78 is 11.3. The van der Waals surface area contributed by atoms with Crippen molar-refractivity contribution in [3.63, 3.8) is 0 Å². The molecular formula is C22H20N2O3S. The zero-order valence-electron chi connectivity index (χ0n) is 15.6. The van der Waals surface area contributed by atoms with Crippen LogP contribution >= 0.6 is 11.3 Å². The van der Waals surface area contributed by atoms with Crippen LogP contribution in [0.5, 0.6) is 5.75 Å². The van der Waals surface area contributed by atoms with Gasteiger partial charge in [0.25, 0.3) is 5.91 Å². The summed E-state index contributed by atoms with van der Waals surface area (Å²) in [5.41, 5.74) is 2.86. The highest BCUT2D eigenvalue weighted by Gasteiger charge is 2.23. The Kier molecular flexibility index (Phi) is 5.18. The topological polar surface area (TPSA) is 75.3 Å². The first-order valence-corrected chi connectivity index (χ1v) is 10.1. The van der Waals surface area contributed by atoms with Gasteiger partial charge in [0, 0.05) is 4.88 Å². The number of ether oxygens (including phenoxy) is 1. The monoisotopic (exact) mass is 392 g/mol. The first-order chi connectivity index (χ1) is 13.6. The predicted octanol–water partition coefficient (Wildman–Crippen LogP) is 5.23. The van der Waals surface area contributed by atoms with Gasteiger partial charge in [-0.25, -0.2) is 0 Å². The molecule has 1 N–H and O–H groups in total. The van der Waals surface area contributed by atoms with E-state index >= 15 is 0 Å². The summed E-state index contributed by atoms with van der Waals surface area (Å²) in [5, 5.41) is 13.0. The third-order valence-electron chi connectivity index (χ3n) is 4.80. The largest absolute Gasteiger partial charge is 0.486 e. The van der Waals surface area contributed by atoms with Crippen LogP contribution in [-0.4, -0.2) is 5.91 Å². The molecule has 0 saturated heterocycles. The molecule has 0 bridgehead atoms. The summed E-state index contributed by atoms with van der Waals surface area (Å²) in [6.45, 7) is 2.26. The zero-order chi connectivity index (χ0) is 19.5. The van der Waals surface area contributed by atoms with Gasteiger partial charge in [-0.3, -0.25) is 4.79 Å². The molecule has 1 amide bonds. The molecule has 142 valence electrons. The molecule has 1 aromatic carbocycles. The molecule has 0 aliphatic heterocycles. The summed E-state index contributed by atoms with van der Waals surface area (Å²) in [5.74, 6) is 1.17. The quantitative estimate of drug-likeness (QED) is 0.645. The van der Waals surface area contributed by atoms with Crippen LogP contribution in [0, 0.1) is 18.3 Å². The van der Waals surface area contributed by atoms with Crippen molar-refractivity contribution >= 4 is 22.2 Å². The Hall–Kier alpha value is -3.04. The average Bonchev–Trinajstić information content (AvgIpc) is 3.31. The molecule has 0 fully saturated rings. The molecule has 0 radical (unpaired) electrons. The lowest BCUT2D eigenvalue weighted by Gasteiger charge is -2.09. The SMILES string of the molecule is Cc1ccc(OCc2ccc(C(=O)Nc3sc4c(c3C#N)CCCC4)o2)cc1. The number of rotatable bonds is 5. The number of benzene rings is 1. The van der Waals surface area contributed by atoms with E-state index in [-0.39, 0.29) is 18.3 Å². The molecule has 0 unspecified atom stereocenters. The van der Waals surface area contributed by atoms with Crippen LogP contribution in [0.4, 0.5) is 5.00 Å². The van der Waals surface area contributed by atoms with E-state index < -0.39 is 0 Å². The van der Waals surface area contributed by atoms with Gasteiger partial charge in [0.2, 0.25) is 0 Å². The number of hydrogen-bond acceptors (Lipinski definition) is 5. The Labute approximate surface area is 167 Å². The Bertz CT molecular complexity index is 1040. The maximum atomic E-state index is 12.6. The number of amides is 1. The minimum atomic E-state index is -0.350. The van der Waals surface area contributed by atoms with Crippen molar-refractivity contribution in [1.82, 2.24) is 0 Å². The highest BCUT2D eigenvalue weighted by atomic mass is 32.1. The van der Waals surface area contributed by atoms with Crippen LogP contribution < -0.4 is 10.1 Å². The number of nitrogens with zero attached hydrogens (tertiary/aromatic N) is 1. The van der Waals surface area contributed by atoms with Crippen LogP contribution in [0.3, 0.4) is 0 Å². The third-order valence-corrected chi connectivity index (χ3v) is 6.00. The molecule has 28 heavy (non-hydrogen) atoms. The summed E-state index contributed by atoms with van der Waals surface area (Å²) in [6.07, 6.45) is 4.11. The smallest absolute Gasteiger partial charge is 0.292 e. The van der Waals surface area contributed by atoms with Crippen molar-refractivity contribution in [2.75, 3.05) is 5.32 Å². The van der Waals surface area contributed by atoms with Crippen LogP contribution in [0.2, 0.25) is 0 Å². The van der Waals surface area contributed by atoms with E-state index in [2.05, 4.69) is 11.4 Å². The first kappa shape index (κ1) is 18.3. The Morgan fingerprint density at radius 1 is 1.21 bits per heavy atom. The lowest BCUT2D eigenvalue weighted by atomic mass is 9.96. The number of nitrogens with one attached hydrogen (secondary N) is 1. The van der Waals surface area contributed by atoms with E-state index in [1.54, 1.807) is 12.1 Å². The molecule has 0 atom stereocenters. The number of thiophene rings is 1. The molecule has 0 spiro atoms. The number of anilines is 1. The standard InChI is InChI=1S/C22H20N2O3S/c1-14-6-8-15(9-7-14)26-13-16-10-11-19(27-16)21(25)24-22-18(12-23)17-4-2-3-5-20(17)28-22/h6-11H,2-5,13H2,1H3,(H,24,25). The number of hydrogen-bond donors (Lipinski definition) is 1. The molecule has 5 nitrogen and oxygen atoms in total. The van der Waals surface area contributed by atoms with Crippen LogP contribution in [0.1, 0.15) is 50.7 Å². The highest BCUT2D eigenvalue weighted by molar-refractivity contribution is 7.16. The van der Waals surface area contributed by atoms with Crippen molar-refractivity contribution in [1.29, 1.82) is 5.26 Å². The maximum Gasteiger partial charge on any atom is 0.292 e. The fourth-order valence-electron chi connectivity index (χ4n) is 3.30. The van der Waals surface area contributed by atoms with Gasteiger partial charge in [-0.15, -0.1) is 11.3 Å². The van der Waals surface area contributed by atoms with Gasteiger partial charge in [-0.1, -0.05) is 17.7 Å². The Balaban J connectivity index is 1.43. The third kappa shape index (κ3) is 3.80. The molecule has 3 aromatic rings. The highest BCUT2D eigenvalue weighted by Crippen LogP contribution is 2.37. The molecular weight excluding hydrogens is 372 g/mol. The normalized spacial score (nSPS) is 12.9. The Morgan fingerprint density at radius 3 is 2.79 bits per heavy atom. The molecule has 2 heterocycles. The van der Waals surface area contributed by atoms with E-state index in [1.807, 2.05) is 31.2 Å². The van der Waals surface area contributed by atoms with Crippen molar-refractivity contribution in [2.24, 2.45) is 0 Å².